The van der Waals surface area contributed by atoms with Gasteiger partial charge in [-0.3, -0.25) is 0 Å². The van der Waals surface area contributed by atoms with Gasteiger partial charge < -0.3 is 5.11 Å². The summed E-state index contributed by atoms with van der Waals surface area (Å²) in [6.45, 7) is 0. The Morgan fingerprint density at radius 3 is 2.37 bits per heavy atom. The van der Waals surface area contributed by atoms with Crippen molar-refractivity contribution >= 4 is 16.5 Å². The Labute approximate surface area is 111 Å². The molecule has 2 nitrogen and oxygen atoms in total. The fraction of sp³-hybridized carbons (Fsp3) is 0. The van der Waals surface area contributed by atoms with Crippen LogP contribution in [0.2, 0.25) is 0 Å². The summed E-state index contributed by atoms with van der Waals surface area (Å²) in [5.74, 6) is 0. The molecule has 1 aromatic heterocycles. The van der Waals surface area contributed by atoms with Crippen LogP contribution in [0.4, 0.5) is 0 Å². The molecule has 2 heteroatoms. The van der Waals surface area contributed by atoms with Gasteiger partial charge in [-0.15, -0.1) is 0 Å². The monoisotopic (exact) mass is 247 g/mol. The number of aliphatic hydroxyl groups is 1. The number of rotatable bonds is 2. The number of nitrogens with zero attached hydrogens (tertiary/aromatic N) is 1. The van der Waals surface area contributed by atoms with Gasteiger partial charge in [0.2, 0.25) is 0 Å². The molecule has 0 atom stereocenters. The maximum atomic E-state index is 9.50. The number of hydrogen-bond acceptors (Lipinski definition) is 2. The first-order valence-corrected chi connectivity index (χ1v) is 6.14. The van der Waals surface area contributed by atoms with Crippen molar-refractivity contribution in [3.63, 3.8) is 0 Å². The maximum absolute atomic E-state index is 9.50. The molecule has 2 aromatic carbocycles. The highest BCUT2D eigenvalue weighted by Crippen LogP contribution is 2.23. The van der Waals surface area contributed by atoms with E-state index in [0.29, 0.717) is 0 Å². The summed E-state index contributed by atoms with van der Waals surface area (Å²) in [6.07, 6.45) is 1.12. The number of benzene rings is 2. The van der Waals surface area contributed by atoms with E-state index in [9.17, 15) is 5.11 Å². The van der Waals surface area contributed by atoms with Crippen LogP contribution in [-0.4, -0.2) is 10.1 Å². The smallest absolute Gasteiger partial charge is 0.0891 e. The van der Waals surface area contributed by atoms with E-state index >= 15 is 0 Å². The molecule has 0 bridgehead atoms. The molecule has 3 aromatic rings. The van der Waals surface area contributed by atoms with Gasteiger partial charge in [0.1, 0.15) is 0 Å². The quantitative estimate of drug-likeness (QED) is 0.689. The Bertz CT molecular complexity index is 732. The van der Waals surface area contributed by atoms with E-state index in [1.165, 1.54) is 0 Å². The van der Waals surface area contributed by atoms with Crippen molar-refractivity contribution in [1.82, 2.24) is 4.98 Å². The molecule has 0 unspecified atom stereocenters. The Morgan fingerprint density at radius 1 is 0.842 bits per heavy atom. The second-order valence-electron chi connectivity index (χ2n) is 4.30. The fourth-order valence-electron chi connectivity index (χ4n) is 2.12. The van der Waals surface area contributed by atoms with Crippen LogP contribution < -0.4 is 0 Å². The number of aromatic nitrogens is 1. The first-order chi connectivity index (χ1) is 9.38. The molecular formula is C17H13NO. The molecular weight excluding hydrogens is 234 g/mol. The average Bonchev–Trinajstić information content (AvgIpc) is 2.49. The van der Waals surface area contributed by atoms with Crippen LogP contribution in [-0.2, 0) is 0 Å². The molecule has 19 heavy (non-hydrogen) atoms. The fourth-order valence-corrected chi connectivity index (χ4v) is 2.12. The molecule has 0 radical (unpaired) electrons. The molecule has 0 saturated carbocycles. The number of hydrogen-bond donors (Lipinski definition) is 1. The summed E-state index contributed by atoms with van der Waals surface area (Å²) in [6, 6.07) is 21.6. The van der Waals surface area contributed by atoms with E-state index < -0.39 is 0 Å². The van der Waals surface area contributed by atoms with Crippen LogP contribution >= 0.6 is 0 Å². The van der Waals surface area contributed by atoms with Gasteiger partial charge in [-0.05, 0) is 17.7 Å². The third-order valence-electron chi connectivity index (χ3n) is 3.09. The van der Waals surface area contributed by atoms with Crippen molar-refractivity contribution in [3.05, 3.63) is 84.2 Å². The van der Waals surface area contributed by atoms with Gasteiger partial charge in [-0.2, -0.15) is 0 Å². The Morgan fingerprint density at radius 2 is 1.58 bits per heavy atom. The largest absolute Gasteiger partial charge is 0.515 e. The van der Waals surface area contributed by atoms with Crippen molar-refractivity contribution in [2.24, 2.45) is 0 Å². The highest BCUT2D eigenvalue weighted by molar-refractivity contribution is 5.84. The van der Waals surface area contributed by atoms with E-state index in [1.54, 1.807) is 0 Å². The molecule has 0 spiro atoms. The second-order valence-corrected chi connectivity index (χ2v) is 4.30. The van der Waals surface area contributed by atoms with E-state index in [4.69, 9.17) is 0 Å². The van der Waals surface area contributed by atoms with Gasteiger partial charge in [-0.25, -0.2) is 4.98 Å². The standard InChI is InChI=1S/C17H13NO/c19-12-15(13-6-2-1-3-7-13)17-11-10-14-8-4-5-9-16(14)18-17/h1-12,19H. The normalized spacial score (nSPS) is 11.7. The van der Waals surface area contributed by atoms with Crippen molar-refractivity contribution < 1.29 is 5.11 Å². The minimum absolute atomic E-state index is 0.728. The lowest BCUT2D eigenvalue weighted by Gasteiger charge is -2.07. The molecule has 0 aliphatic rings. The molecule has 0 aliphatic heterocycles. The molecule has 1 heterocycles. The minimum atomic E-state index is 0.728. The van der Waals surface area contributed by atoms with Crippen molar-refractivity contribution in [2.75, 3.05) is 0 Å². The molecule has 3 rings (SSSR count). The van der Waals surface area contributed by atoms with Gasteiger partial charge >= 0.3 is 0 Å². The minimum Gasteiger partial charge on any atom is -0.515 e. The summed E-state index contributed by atoms with van der Waals surface area (Å²) in [4.78, 5) is 4.59. The summed E-state index contributed by atoms with van der Waals surface area (Å²) in [5, 5.41) is 10.6. The van der Waals surface area contributed by atoms with Crippen LogP contribution in [0.5, 0.6) is 0 Å². The van der Waals surface area contributed by atoms with E-state index in [2.05, 4.69) is 4.98 Å². The molecule has 0 fully saturated rings. The molecule has 0 amide bonds. The zero-order valence-corrected chi connectivity index (χ0v) is 10.3. The van der Waals surface area contributed by atoms with Gasteiger partial charge in [0, 0.05) is 11.0 Å². The van der Waals surface area contributed by atoms with E-state index in [1.807, 2.05) is 66.7 Å². The number of para-hydroxylation sites is 1. The molecule has 1 N–H and O–H groups in total. The predicted octanol–water partition coefficient (Wildman–Crippen LogP) is 4.18. The summed E-state index contributed by atoms with van der Waals surface area (Å²) < 4.78 is 0. The van der Waals surface area contributed by atoms with Gasteiger partial charge in [0.05, 0.1) is 17.5 Å². The summed E-state index contributed by atoms with van der Waals surface area (Å²) in [7, 11) is 0. The van der Waals surface area contributed by atoms with Crippen LogP contribution in [0, 0.1) is 0 Å². The van der Waals surface area contributed by atoms with Crippen molar-refractivity contribution in [3.8, 4) is 0 Å². The van der Waals surface area contributed by atoms with Gasteiger partial charge in [-0.1, -0.05) is 54.6 Å². The van der Waals surface area contributed by atoms with Crippen LogP contribution in [0.3, 0.4) is 0 Å². The molecule has 0 aliphatic carbocycles. The van der Waals surface area contributed by atoms with Gasteiger partial charge in [0.15, 0.2) is 0 Å². The zero-order chi connectivity index (χ0) is 13.1. The lowest BCUT2D eigenvalue weighted by atomic mass is 10.0. The Balaban J connectivity index is 2.12. The predicted molar refractivity (Wildman–Crippen MR) is 77.9 cm³/mol. The third kappa shape index (κ3) is 2.20. The number of fused-ring (bicyclic) bond motifs is 1. The SMILES string of the molecule is OC=C(c1ccccc1)c1ccc2ccccc2n1. The first kappa shape index (κ1) is 11.5. The van der Waals surface area contributed by atoms with Crippen LogP contribution in [0.1, 0.15) is 11.3 Å². The average molecular weight is 247 g/mol. The van der Waals surface area contributed by atoms with Crippen molar-refractivity contribution in [1.29, 1.82) is 0 Å². The first-order valence-electron chi connectivity index (χ1n) is 6.14. The maximum Gasteiger partial charge on any atom is 0.0891 e. The molecule has 0 saturated heterocycles. The van der Waals surface area contributed by atoms with Gasteiger partial charge in [0.25, 0.3) is 0 Å². The Kier molecular flexibility index (Phi) is 2.99. The zero-order valence-electron chi connectivity index (χ0n) is 10.3. The Hall–Kier alpha value is -2.61. The van der Waals surface area contributed by atoms with Crippen molar-refractivity contribution in [2.45, 2.75) is 0 Å². The number of aliphatic hydroxyl groups excluding tert-OH is 1. The lowest BCUT2D eigenvalue weighted by molar-refractivity contribution is 0.476. The van der Waals surface area contributed by atoms with Crippen LogP contribution in [0.15, 0.2) is 73.0 Å². The second kappa shape index (κ2) is 4.94. The highest BCUT2D eigenvalue weighted by atomic mass is 16.2. The number of pyridine rings is 1. The third-order valence-corrected chi connectivity index (χ3v) is 3.09. The summed E-state index contributed by atoms with van der Waals surface area (Å²) in [5.41, 5.74) is 3.38. The van der Waals surface area contributed by atoms with E-state index in [0.717, 1.165) is 34.0 Å². The van der Waals surface area contributed by atoms with Crippen LogP contribution in [0.25, 0.3) is 16.5 Å². The highest BCUT2D eigenvalue weighted by Gasteiger charge is 2.07. The molecule has 92 valence electrons. The topological polar surface area (TPSA) is 33.1 Å². The van der Waals surface area contributed by atoms with E-state index in [-0.39, 0.29) is 0 Å². The summed E-state index contributed by atoms with van der Waals surface area (Å²) >= 11 is 0. The lowest BCUT2D eigenvalue weighted by Crippen LogP contribution is -1.92.